The molecule has 0 unspecified atom stereocenters. The van der Waals surface area contributed by atoms with E-state index < -0.39 is 11.4 Å². The minimum Gasteiger partial charge on any atom is -0.450 e. The maximum absolute atomic E-state index is 11.7. The molecular weight excluding hydrogens is 350 g/mol. The Kier molecular flexibility index (Phi) is 9.48. The summed E-state index contributed by atoms with van der Waals surface area (Å²) in [6.45, 7) is 12.1. The second kappa shape index (κ2) is 10.6. The Morgan fingerprint density at radius 3 is 2.00 bits per heavy atom. The summed E-state index contributed by atoms with van der Waals surface area (Å²) in [6, 6.07) is 0. The molecule has 0 saturated carbocycles. The van der Waals surface area contributed by atoms with Crippen LogP contribution in [0.5, 0.6) is 0 Å². The van der Waals surface area contributed by atoms with Crippen LogP contribution < -0.4 is 0 Å². The van der Waals surface area contributed by atoms with Crippen LogP contribution in [0.4, 0.5) is 4.79 Å². The van der Waals surface area contributed by atoms with Crippen LogP contribution in [0.1, 0.15) is 73.1 Å². The normalized spacial score (nSPS) is 20.9. The van der Waals surface area contributed by atoms with E-state index in [1.807, 2.05) is 20.8 Å². The Bertz CT molecular complexity index is 431. The maximum Gasteiger partial charge on any atom is 0.409 e. The number of amides is 1. The molecule has 7 heteroatoms. The van der Waals surface area contributed by atoms with Crippen LogP contribution in [-0.2, 0) is 14.2 Å². The van der Waals surface area contributed by atoms with Crippen molar-refractivity contribution in [1.82, 2.24) is 4.90 Å². The number of hydrogen-bond donors (Lipinski definition) is 2. The molecule has 2 aliphatic heterocycles. The number of ether oxygens (including phenoxy) is 3. The minimum absolute atomic E-state index is 0.125. The first kappa shape index (κ1) is 24.1. The van der Waals surface area contributed by atoms with Gasteiger partial charge < -0.3 is 29.3 Å². The Balaban J connectivity index is 0.000000387. The first-order chi connectivity index (χ1) is 12.8. The molecule has 0 aromatic rings. The summed E-state index contributed by atoms with van der Waals surface area (Å²) < 4.78 is 17.3. The molecule has 2 rings (SSSR count). The third-order valence-electron chi connectivity index (χ3n) is 5.95. The molecule has 2 saturated heterocycles. The first-order valence-corrected chi connectivity index (χ1v) is 10.4. The van der Waals surface area contributed by atoms with Crippen LogP contribution in [0.3, 0.4) is 0 Å². The highest BCUT2D eigenvalue weighted by Crippen LogP contribution is 2.41. The predicted molar refractivity (Wildman–Crippen MR) is 104 cm³/mol. The summed E-state index contributed by atoms with van der Waals surface area (Å²) >= 11 is 0. The van der Waals surface area contributed by atoms with Gasteiger partial charge in [-0.15, -0.1) is 0 Å². The van der Waals surface area contributed by atoms with E-state index in [1.165, 1.54) is 0 Å². The molecule has 0 bridgehead atoms. The number of likely N-dealkylation sites (tertiary alicyclic amines) is 1. The number of piperidine rings is 1. The van der Waals surface area contributed by atoms with Crippen LogP contribution in [0.15, 0.2) is 0 Å². The summed E-state index contributed by atoms with van der Waals surface area (Å²) in [7, 11) is 0. The molecule has 160 valence electrons. The van der Waals surface area contributed by atoms with Crippen molar-refractivity contribution in [3.05, 3.63) is 0 Å². The van der Waals surface area contributed by atoms with Crippen LogP contribution in [0, 0.1) is 0 Å². The molecule has 2 N–H and O–H groups in total. The van der Waals surface area contributed by atoms with Gasteiger partial charge in [-0.1, -0.05) is 27.7 Å². The van der Waals surface area contributed by atoms with Crippen LogP contribution >= 0.6 is 0 Å². The Morgan fingerprint density at radius 1 is 1.11 bits per heavy atom. The van der Waals surface area contributed by atoms with Gasteiger partial charge in [0.2, 0.25) is 0 Å². The van der Waals surface area contributed by atoms with Gasteiger partial charge in [-0.05, 0) is 32.6 Å². The summed E-state index contributed by atoms with van der Waals surface area (Å²) in [5.41, 5.74) is -0.952. The van der Waals surface area contributed by atoms with E-state index in [-0.39, 0.29) is 18.3 Å². The summed E-state index contributed by atoms with van der Waals surface area (Å²) in [5.74, 6) is -0.477. The molecule has 27 heavy (non-hydrogen) atoms. The largest absolute Gasteiger partial charge is 0.450 e. The molecule has 0 aromatic carbocycles. The zero-order chi connectivity index (χ0) is 20.6. The lowest BCUT2D eigenvalue weighted by molar-refractivity contribution is -0.210. The second-order valence-electron chi connectivity index (χ2n) is 7.47. The molecular formula is C20H39NO6. The lowest BCUT2D eigenvalue weighted by atomic mass is 9.98. The van der Waals surface area contributed by atoms with Crippen molar-refractivity contribution in [2.75, 3.05) is 32.9 Å². The first-order valence-electron chi connectivity index (χ1n) is 10.4. The van der Waals surface area contributed by atoms with Crippen molar-refractivity contribution in [3.8, 4) is 0 Å². The highest BCUT2D eigenvalue weighted by Gasteiger charge is 2.50. The third kappa shape index (κ3) is 6.31. The number of nitrogens with zero attached hydrogens (tertiary/aromatic N) is 1. The molecule has 0 aliphatic carbocycles. The number of rotatable bonds is 6. The molecule has 0 radical (unpaired) electrons. The van der Waals surface area contributed by atoms with Crippen molar-refractivity contribution in [1.29, 1.82) is 0 Å². The molecule has 1 amide bonds. The Morgan fingerprint density at radius 2 is 1.67 bits per heavy atom. The SMILES string of the molecule is CCC(O)(CC)CO.CCOC(=O)N1CCC2(CC1)OCC(CC)(CC)O2. The minimum atomic E-state index is -0.819. The van der Waals surface area contributed by atoms with Gasteiger partial charge in [0.1, 0.15) is 0 Å². The van der Waals surface area contributed by atoms with Crippen molar-refractivity contribution in [3.63, 3.8) is 0 Å². The number of aliphatic hydroxyl groups excluding tert-OH is 1. The topological polar surface area (TPSA) is 88.5 Å². The molecule has 1 spiro atoms. The molecule has 0 aromatic heterocycles. The number of hydrogen-bond acceptors (Lipinski definition) is 6. The third-order valence-corrected chi connectivity index (χ3v) is 5.95. The fourth-order valence-electron chi connectivity index (χ4n) is 3.28. The van der Waals surface area contributed by atoms with Gasteiger partial charge in [0, 0.05) is 25.9 Å². The van der Waals surface area contributed by atoms with Crippen LogP contribution in [0.25, 0.3) is 0 Å². The van der Waals surface area contributed by atoms with E-state index in [9.17, 15) is 9.90 Å². The fraction of sp³-hybridized carbons (Fsp3) is 0.950. The fourth-order valence-corrected chi connectivity index (χ4v) is 3.28. The van der Waals surface area contributed by atoms with Crippen molar-refractivity contribution >= 4 is 6.09 Å². The molecule has 2 heterocycles. The van der Waals surface area contributed by atoms with Gasteiger partial charge in [0.05, 0.1) is 31.0 Å². The lowest BCUT2D eigenvalue weighted by Gasteiger charge is -2.38. The quantitative estimate of drug-likeness (QED) is 0.726. The summed E-state index contributed by atoms with van der Waals surface area (Å²) in [4.78, 5) is 13.4. The molecule has 2 aliphatic rings. The molecule has 0 atom stereocenters. The second-order valence-corrected chi connectivity index (χ2v) is 7.47. The Labute approximate surface area is 164 Å². The summed E-state index contributed by atoms with van der Waals surface area (Å²) in [5, 5.41) is 17.7. The lowest BCUT2D eigenvalue weighted by Crippen LogP contribution is -2.48. The van der Waals surface area contributed by atoms with Crippen molar-refractivity contribution in [2.45, 2.75) is 90.1 Å². The number of carbonyl (C=O) groups excluding carboxylic acids is 1. The van der Waals surface area contributed by atoms with E-state index in [0.717, 1.165) is 25.7 Å². The van der Waals surface area contributed by atoms with Crippen LogP contribution in [0.2, 0.25) is 0 Å². The number of aliphatic hydroxyl groups is 2. The van der Waals surface area contributed by atoms with Crippen molar-refractivity contribution < 1.29 is 29.2 Å². The zero-order valence-corrected chi connectivity index (χ0v) is 17.8. The standard InChI is InChI=1S/C14H25NO4.C6H14O2/c1-4-13(5-2)11-18-14(19-13)7-9-15(10-8-14)12(16)17-6-3;1-3-6(8,4-2)5-7/h4-11H2,1-3H3;7-8H,3-5H2,1-2H3. The predicted octanol–water partition coefficient (Wildman–Crippen LogP) is 3.07. The summed E-state index contributed by atoms with van der Waals surface area (Å²) in [6.07, 6.45) is 4.41. The average molecular weight is 390 g/mol. The van der Waals surface area contributed by atoms with E-state index in [2.05, 4.69) is 13.8 Å². The van der Waals surface area contributed by atoms with Crippen LogP contribution in [-0.4, -0.2) is 71.1 Å². The van der Waals surface area contributed by atoms with Gasteiger partial charge in [0.25, 0.3) is 0 Å². The molecule has 7 nitrogen and oxygen atoms in total. The monoisotopic (exact) mass is 389 g/mol. The zero-order valence-electron chi connectivity index (χ0n) is 17.8. The number of carbonyl (C=O) groups is 1. The van der Waals surface area contributed by atoms with Gasteiger partial charge in [-0.25, -0.2) is 4.79 Å². The van der Waals surface area contributed by atoms with E-state index in [0.29, 0.717) is 39.1 Å². The van der Waals surface area contributed by atoms with E-state index in [1.54, 1.807) is 4.90 Å². The average Bonchev–Trinajstić information content (AvgIpc) is 3.07. The molecule has 2 fully saturated rings. The van der Waals surface area contributed by atoms with Gasteiger partial charge in [-0.2, -0.15) is 0 Å². The van der Waals surface area contributed by atoms with Crippen molar-refractivity contribution in [2.24, 2.45) is 0 Å². The highest BCUT2D eigenvalue weighted by atomic mass is 16.8. The maximum atomic E-state index is 11.7. The highest BCUT2D eigenvalue weighted by molar-refractivity contribution is 5.67. The smallest absolute Gasteiger partial charge is 0.409 e. The Hall–Kier alpha value is -0.890. The van der Waals surface area contributed by atoms with E-state index >= 15 is 0 Å². The van der Waals surface area contributed by atoms with E-state index in [4.69, 9.17) is 19.3 Å². The van der Waals surface area contributed by atoms with Gasteiger partial charge in [0.15, 0.2) is 5.79 Å². The van der Waals surface area contributed by atoms with Gasteiger partial charge in [-0.3, -0.25) is 0 Å². The van der Waals surface area contributed by atoms with Gasteiger partial charge >= 0.3 is 6.09 Å².